The van der Waals surface area contributed by atoms with Crippen molar-refractivity contribution in [3.63, 3.8) is 0 Å². The topological polar surface area (TPSA) is 0 Å². The van der Waals surface area contributed by atoms with E-state index in [1.807, 2.05) is 13.8 Å². The summed E-state index contributed by atoms with van der Waals surface area (Å²) in [5.41, 5.74) is 14.1. The summed E-state index contributed by atoms with van der Waals surface area (Å²) in [6, 6.07) is 57.8. The van der Waals surface area contributed by atoms with Gasteiger partial charge in [-0.2, -0.15) is 0 Å². The van der Waals surface area contributed by atoms with Crippen LogP contribution in [0.25, 0.3) is 76.8 Å². The molecule has 1 fully saturated rings. The van der Waals surface area contributed by atoms with Crippen LogP contribution in [0.5, 0.6) is 0 Å². The Bertz CT molecular complexity index is 2610. The van der Waals surface area contributed by atoms with Gasteiger partial charge in [0.25, 0.3) is 0 Å². The van der Waals surface area contributed by atoms with Gasteiger partial charge in [-0.3, -0.25) is 0 Å². The van der Waals surface area contributed by atoms with Crippen LogP contribution in [0, 0.1) is 19.8 Å². The van der Waals surface area contributed by atoms with Crippen molar-refractivity contribution in [3.8, 4) is 44.5 Å². The monoisotopic (exact) mass is 773 g/mol. The molecule has 1 aliphatic rings. The van der Waals surface area contributed by atoms with Crippen molar-refractivity contribution in [2.75, 3.05) is 0 Å². The maximum atomic E-state index is 2.37. The van der Waals surface area contributed by atoms with E-state index in [0.29, 0.717) is 0 Å². The Hall–Kier alpha value is -5.98. The predicted molar refractivity (Wildman–Crippen MR) is 266 cm³/mol. The molecule has 0 atom stereocenters. The minimum absolute atomic E-state index is 0. The van der Waals surface area contributed by atoms with Crippen LogP contribution in [0.3, 0.4) is 0 Å². The molecule has 1 saturated carbocycles. The molecule has 0 spiro atoms. The summed E-state index contributed by atoms with van der Waals surface area (Å²) >= 11 is 0. The summed E-state index contributed by atoms with van der Waals surface area (Å²) in [5, 5.41) is 7.69. The first kappa shape index (κ1) is 44.1. The SMILES string of the molecule is C.C/C=C(C)/C=C\CC.CC.CC1CC1.Cc1cc(-c2cccc(-c3c4ccccc4c(-c4ccccc4)c4ccccc34)c2)ccc1-c1cc2ccccc2cc1C. The maximum absolute atomic E-state index is 2.37. The highest BCUT2D eigenvalue weighted by Crippen LogP contribution is 2.44. The normalized spacial score (nSPS) is 12.2. The first-order valence-corrected chi connectivity index (χ1v) is 21.4. The molecule has 1 aliphatic carbocycles. The van der Waals surface area contributed by atoms with Crippen LogP contribution in [0.15, 0.2) is 182 Å². The summed E-state index contributed by atoms with van der Waals surface area (Å²) in [6.45, 7) is 17.0. The number of rotatable bonds is 6. The second-order valence-electron chi connectivity index (χ2n) is 15.4. The van der Waals surface area contributed by atoms with Crippen molar-refractivity contribution >= 4 is 32.3 Å². The van der Waals surface area contributed by atoms with Gasteiger partial charge in [0.2, 0.25) is 0 Å². The van der Waals surface area contributed by atoms with Gasteiger partial charge >= 0.3 is 0 Å². The number of hydrogen-bond acceptors (Lipinski definition) is 0. The lowest BCUT2D eigenvalue weighted by Gasteiger charge is -2.18. The van der Waals surface area contributed by atoms with Crippen molar-refractivity contribution in [3.05, 3.63) is 193 Å². The van der Waals surface area contributed by atoms with Gasteiger partial charge in [0.15, 0.2) is 0 Å². The molecule has 8 aromatic carbocycles. The minimum Gasteiger partial charge on any atom is -0.0847 e. The van der Waals surface area contributed by atoms with E-state index < -0.39 is 0 Å². The third kappa shape index (κ3) is 10.6. The first-order chi connectivity index (χ1) is 28.4. The summed E-state index contributed by atoms with van der Waals surface area (Å²) in [6.07, 6.45) is 10.5. The number of allylic oxidation sites excluding steroid dienone is 4. The molecule has 0 saturated heterocycles. The molecule has 0 N–H and O–H groups in total. The molecular formula is C59H64. The average Bonchev–Trinajstić information content (AvgIpc) is 4.07. The highest BCUT2D eigenvalue weighted by Gasteiger charge is 2.17. The molecule has 8 aromatic rings. The van der Waals surface area contributed by atoms with Crippen LogP contribution in [-0.4, -0.2) is 0 Å². The van der Waals surface area contributed by atoms with E-state index in [1.54, 1.807) is 0 Å². The molecule has 59 heavy (non-hydrogen) atoms. The van der Waals surface area contributed by atoms with Crippen LogP contribution < -0.4 is 0 Å². The van der Waals surface area contributed by atoms with Crippen molar-refractivity contribution in [1.29, 1.82) is 0 Å². The van der Waals surface area contributed by atoms with Crippen LogP contribution in [0.1, 0.15) is 79.4 Å². The lowest BCUT2D eigenvalue weighted by Crippen LogP contribution is -1.91. The Labute approximate surface area is 356 Å². The molecule has 0 bridgehead atoms. The zero-order valence-corrected chi connectivity index (χ0v) is 35.9. The Balaban J connectivity index is 0.000000381. The third-order valence-corrected chi connectivity index (χ3v) is 11.0. The largest absolute Gasteiger partial charge is 0.0847 e. The molecule has 0 aromatic heterocycles. The zero-order chi connectivity index (χ0) is 41.0. The van der Waals surface area contributed by atoms with Crippen LogP contribution in [-0.2, 0) is 0 Å². The molecule has 0 aliphatic heterocycles. The van der Waals surface area contributed by atoms with E-state index in [4.69, 9.17) is 0 Å². The molecule has 0 unspecified atom stereocenters. The van der Waals surface area contributed by atoms with Gasteiger partial charge in [0, 0.05) is 0 Å². The summed E-state index contributed by atoms with van der Waals surface area (Å²) < 4.78 is 0. The van der Waals surface area contributed by atoms with Crippen LogP contribution in [0.4, 0.5) is 0 Å². The van der Waals surface area contributed by atoms with Gasteiger partial charge in [-0.05, 0) is 140 Å². The molecular weight excluding hydrogens is 709 g/mol. The third-order valence-electron chi connectivity index (χ3n) is 11.0. The van der Waals surface area contributed by atoms with Crippen LogP contribution in [0.2, 0.25) is 0 Å². The van der Waals surface area contributed by atoms with Crippen LogP contribution >= 0.6 is 0 Å². The van der Waals surface area contributed by atoms with Gasteiger partial charge in [0.1, 0.15) is 0 Å². The quantitative estimate of drug-likeness (QED) is 0.117. The predicted octanol–water partition coefficient (Wildman–Crippen LogP) is 18.4. The van der Waals surface area contributed by atoms with E-state index in [0.717, 1.165) is 12.3 Å². The summed E-state index contributed by atoms with van der Waals surface area (Å²) in [7, 11) is 0. The fraction of sp³-hybridized carbons (Fsp3) is 0.220. The van der Waals surface area contributed by atoms with E-state index in [1.165, 1.54) is 106 Å². The van der Waals surface area contributed by atoms with E-state index in [9.17, 15) is 0 Å². The van der Waals surface area contributed by atoms with Crippen molar-refractivity contribution < 1.29 is 0 Å². The highest BCUT2D eigenvalue weighted by molar-refractivity contribution is 6.21. The van der Waals surface area contributed by atoms with Gasteiger partial charge in [0.05, 0.1) is 0 Å². The van der Waals surface area contributed by atoms with Crippen molar-refractivity contribution in [2.24, 2.45) is 5.92 Å². The van der Waals surface area contributed by atoms with E-state index in [-0.39, 0.29) is 7.43 Å². The first-order valence-electron chi connectivity index (χ1n) is 21.4. The lowest BCUT2D eigenvalue weighted by atomic mass is 9.85. The Kier molecular flexibility index (Phi) is 15.8. The number of benzene rings is 8. The second kappa shape index (κ2) is 21.1. The maximum Gasteiger partial charge on any atom is -0.00262 e. The Morgan fingerprint density at radius 3 is 1.51 bits per heavy atom. The molecule has 0 nitrogen and oxygen atoms in total. The Morgan fingerprint density at radius 2 is 0.983 bits per heavy atom. The lowest BCUT2D eigenvalue weighted by molar-refractivity contribution is 0.983. The molecule has 9 rings (SSSR count). The minimum atomic E-state index is 0. The molecule has 0 heteroatoms. The highest BCUT2D eigenvalue weighted by atomic mass is 14.2. The average molecular weight is 773 g/mol. The zero-order valence-electron chi connectivity index (χ0n) is 35.9. The standard InChI is InChI=1S/C44H32.C8H14.C4H8.C2H6.CH4/c1-29-25-35(23-24-37(29)42-28-34-16-7-6-15-32(34)26-30(42)2)33-17-12-18-36(27-33)44-40-21-10-8-19-38(40)43(31-13-4-3-5-14-31)39-20-9-11-22-41(39)44;1-4-6-7-8(3)5-2;1-4-2-3-4;1-2;/h3-28H,1-2H3;5-7H,4H2,1-3H3;4H,2-3H2,1H3;1-2H3;1H4/b;7-6-,8-5+;;;. The summed E-state index contributed by atoms with van der Waals surface area (Å²) in [4.78, 5) is 0. The molecule has 0 radical (unpaired) electrons. The van der Waals surface area contributed by atoms with E-state index >= 15 is 0 Å². The molecule has 300 valence electrons. The van der Waals surface area contributed by atoms with Gasteiger partial charge in [-0.15, -0.1) is 0 Å². The van der Waals surface area contributed by atoms with Gasteiger partial charge in [-0.25, -0.2) is 0 Å². The molecule has 0 amide bonds. The summed E-state index contributed by atoms with van der Waals surface area (Å²) in [5.74, 6) is 1.08. The fourth-order valence-electron chi connectivity index (χ4n) is 7.57. The smallest absolute Gasteiger partial charge is 0.00262 e. The van der Waals surface area contributed by atoms with Gasteiger partial charge < -0.3 is 0 Å². The van der Waals surface area contributed by atoms with Crippen molar-refractivity contribution in [1.82, 2.24) is 0 Å². The van der Waals surface area contributed by atoms with Crippen molar-refractivity contribution in [2.45, 2.75) is 82.1 Å². The van der Waals surface area contributed by atoms with Gasteiger partial charge in [-0.1, -0.05) is 217 Å². The molecule has 0 heterocycles. The second-order valence-corrected chi connectivity index (χ2v) is 15.4. The Morgan fingerprint density at radius 1 is 0.525 bits per heavy atom. The fourth-order valence-corrected chi connectivity index (χ4v) is 7.57. The number of aryl methyl sites for hydroxylation is 2. The number of hydrogen-bond donors (Lipinski definition) is 0. The number of fused-ring (bicyclic) bond motifs is 3. The van der Waals surface area contributed by atoms with E-state index in [2.05, 4.69) is 217 Å².